The van der Waals surface area contributed by atoms with Crippen LogP contribution in [0.4, 0.5) is 11.4 Å². The van der Waals surface area contributed by atoms with Gasteiger partial charge in [0.1, 0.15) is 0 Å². The number of rotatable bonds is 4. The van der Waals surface area contributed by atoms with Crippen LogP contribution in [0.5, 0.6) is 0 Å². The predicted molar refractivity (Wildman–Crippen MR) is 74.8 cm³/mol. The molecule has 0 aliphatic heterocycles. The number of amides is 1. The number of aliphatic carboxylic acids is 1. The zero-order valence-corrected chi connectivity index (χ0v) is 11.3. The minimum Gasteiger partial charge on any atom is -0.481 e. The van der Waals surface area contributed by atoms with E-state index >= 15 is 0 Å². The number of nitrogens with one attached hydrogen (secondary N) is 1. The second-order valence-corrected chi connectivity index (χ2v) is 5.13. The molecule has 112 valence electrons. The van der Waals surface area contributed by atoms with Gasteiger partial charge in [0.05, 0.1) is 16.8 Å². The van der Waals surface area contributed by atoms with Crippen molar-refractivity contribution in [2.45, 2.75) is 25.7 Å². The second kappa shape index (κ2) is 6.34. The Morgan fingerprint density at radius 2 is 1.71 bits per heavy atom. The van der Waals surface area contributed by atoms with Crippen LogP contribution in [0.3, 0.4) is 0 Å². The maximum Gasteiger partial charge on any atom is 0.307 e. The molecule has 1 fully saturated rings. The molecule has 1 aliphatic carbocycles. The molecule has 7 nitrogen and oxygen atoms in total. The third-order valence-corrected chi connectivity index (χ3v) is 3.77. The molecule has 1 amide bonds. The summed E-state index contributed by atoms with van der Waals surface area (Å²) in [4.78, 5) is 33.4. The maximum atomic E-state index is 12.2. The fourth-order valence-electron chi connectivity index (χ4n) is 2.64. The molecule has 0 heterocycles. The van der Waals surface area contributed by atoms with Crippen LogP contribution >= 0.6 is 0 Å². The van der Waals surface area contributed by atoms with Crippen molar-refractivity contribution >= 4 is 23.3 Å². The molecule has 7 heteroatoms. The molecule has 0 bridgehead atoms. The third-order valence-electron chi connectivity index (χ3n) is 3.77. The topological polar surface area (TPSA) is 110 Å². The number of non-ortho nitro benzene ring substituents is 1. The van der Waals surface area contributed by atoms with Crippen LogP contribution in [-0.2, 0) is 9.59 Å². The molecule has 1 aromatic rings. The Morgan fingerprint density at radius 1 is 1.14 bits per heavy atom. The van der Waals surface area contributed by atoms with Gasteiger partial charge >= 0.3 is 5.97 Å². The molecular formula is C14H16N2O5. The highest BCUT2D eigenvalue weighted by Gasteiger charge is 2.35. The molecule has 1 saturated carbocycles. The van der Waals surface area contributed by atoms with Gasteiger partial charge in [0, 0.05) is 17.8 Å². The van der Waals surface area contributed by atoms with Crippen LogP contribution < -0.4 is 5.32 Å². The van der Waals surface area contributed by atoms with E-state index in [2.05, 4.69) is 5.32 Å². The van der Waals surface area contributed by atoms with E-state index in [0.717, 1.165) is 12.8 Å². The van der Waals surface area contributed by atoms with Crippen LogP contribution in [0, 0.1) is 22.0 Å². The molecule has 21 heavy (non-hydrogen) atoms. The average Bonchev–Trinajstić information content (AvgIpc) is 2.47. The van der Waals surface area contributed by atoms with Crippen LogP contribution in [0.2, 0.25) is 0 Å². The van der Waals surface area contributed by atoms with E-state index in [1.807, 2.05) is 0 Å². The van der Waals surface area contributed by atoms with E-state index < -0.39 is 22.7 Å². The Morgan fingerprint density at radius 3 is 2.24 bits per heavy atom. The first-order chi connectivity index (χ1) is 9.99. The number of nitro benzene ring substituents is 1. The van der Waals surface area contributed by atoms with E-state index in [0.29, 0.717) is 18.5 Å². The summed E-state index contributed by atoms with van der Waals surface area (Å²) in [6.45, 7) is 0. The second-order valence-electron chi connectivity index (χ2n) is 5.13. The quantitative estimate of drug-likeness (QED) is 0.654. The van der Waals surface area contributed by atoms with Crippen molar-refractivity contribution in [3.8, 4) is 0 Å². The highest BCUT2D eigenvalue weighted by Crippen LogP contribution is 2.31. The standard InChI is InChI=1S/C14H16N2O5/c17-13(11-3-1-2-4-12(11)14(18)19)15-9-5-7-10(8-6-9)16(20)21/h5-8,11-12H,1-4H2,(H,15,17)(H,18,19)/t11-,12-/m1/s1. The number of carboxylic acid groups (broad SMARTS) is 1. The Hall–Kier alpha value is -2.44. The normalized spacial score (nSPS) is 21.5. The van der Waals surface area contributed by atoms with Crippen LogP contribution in [0.1, 0.15) is 25.7 Å². The number of nitrogens with zero attached hydrogens (tertiary/aromatic N) is 1. The van der Waals surface area contributed by atoms with Gasteiger partial charge in [-0.05, 0) is 25.0 Å². The number of benzene rings is 1. The van der Waals surface area contributed by atoms with Gasteiger partial charge in [-0.1, -0.05) is 12.8 Å². The van der Waals surface area contributed by atoms with E-state index in [4.69, 9.17) is 5.11 Å². The molecule has 0 saturated heterocycles. The number of carboxylic acids is 1. The number of carbonyl (C=O) groups is 2. The molecule has 0 aromatic heterocycles. The number of anilines is 1. The lowest BCUT2D eigenvalue weighted by molar-refractivity contribution is -0.384. The van der Waals surface area contributed by atoms with Crippen molar-refractivity contribution in [3.63, 3.8) is 0 Å². The first kappa shape index (κ1) is 15.0. The Balaban J connectivity index is 2.05. The van der Waals surface area contributed by atoms with Gasteiger partial charge in [-0.3, -0.25) is 19.7 Å². The van der Waals surface area contributed by atoms with Gasteiger partial charge in [0.2, 0.25) is 5.91 Å². The van der Waals surface area contributed by atoms with Crippen molar-refractivity contribution in [2.75, 3.05) is 5.32 Å². The summed E-state index contributed by atoms with van der Waals surface area (Å²) in [5, 5.41) is 22.4. The molecule has 2 N–H and O–H groups in total. The molecular weight excluding hydrogens is 276 g/mol. The lowest BCUT2D eigenvalue weighted by Crippen LogP contribution is -2.36. The van der Waals surface area contributed by atoms with E-state index in [1.54, 1.807) is 0 Å². The maximum absolute atomic E-state index is 12.2. The SMILES string of the molecule is O=C(O)[C@@H]1CCCC[C@H]1C(=O)Nc1ccc([N+](=O)[O-])cc1. The van der Waals surface area contributed by atoms with Crippen molar-refractivity contribution in [3.05, 3.63) is 34.4 Å². The minimum absolute atomic E-state index is 0.0610. The Bertz CT molecular complexity index is 555. The van der Waals surface area contributed by atoms with E-state index in [-0.39, 0.29) is 11.6 Å². The van der Waals surface area contributed by atoms with Crippen molar-refractivity contribution in [2.24, 2.45) is 11.8 Å². The highest BCUT2D eigenvalue weighted by molar-refractivity contribution is 5.95. The van der Waals surface area contributed by atoms with Crippen molar-refractivity contribution in [1.82, 2.24) is 0 Å². The zero-order chi connectivity index (χ0) is 15.4. The molecule has 1 aromatic carbocycles. The summed E-state index contributed by atoms with van der Waals surface area (Å²) < 4.78 is 0. The Labute approximate surface area is 121 Å². The number of nitro groups is 1. The summed E-state index contributed by atoms with van der Waals surface area (Å²) >= 11 is 0. The fourth-order valence-corrected chi connectivity index (χ4v) is 2.64. The molecule has 0 unspecified atom stereocenters. The molecule has 2 rings (SSSR count). The van der Waals surface area contributed by atoms with Gasteiger partial charge in [-0.15, -0.1) is 0 Å². The number of hydrogen-bond acceptors (Lipinski definition) is 4. The van der Waals surface area contributed by atoms with Crippen LogP contribution in [0.15, 0.2) is 24.3 Å². The van der Waals surface area contributed by atoms with Gasteiger partial charge in [0.15, 0.2) is 0 Å². The van der Waals surface area contributed by atoms with Gasteiger partial charge in [-0.2, -0.15) is 0 Å². The van der Waals surface area contributed by atoms with Crippen molar-refractivity contribution in [1.29, 1.82) is 0 Å². The summed E-state index contributed by atoms with van der Waals surface area (Å²) in [5.41, 5.74) is 0.370. The number of hydrogen-bond donors (Lipinski definition) is 2. The monoisotopic (exact) mass is 292 g/mol. The molecule has 0 radical (unpaired) electrons. The predicted octanol–water partition coefficient (Wildman–Crippen LogP) is 2.42. The lowest BCUT2D eigenvalue weighted by atomic mass is 9.78. The summed E-state index contributed by atoms with van der Waals surface area (Å²) in [7, 11) is 0. The summed E-state index contributed by atoms with van der Waals surface area (Å²) in [6.07, 6.45) is 2.71. The van der Waals surface area contributed by atoms with E-state index in [1.165, 1.54) is 24.3 Å². The average molecular weight is 292 g/mol. The zero-order valence-electron chi connectivity index (χ0n) is 11.3. The van der Waals surface area contributed by atoms with Gasteiger partial charge < -0.3 is 10.4 Å². The van der Waals surface area contributed by atoms with Gasteiger partial charge in [0.25, 0.3) is 5.69 Å². The van der Waals surface area contributed by atoms with Crippen LogP contribution in [0.25, 0.3) is 0 Å². The first-order valence-electron chi connectivity index (χ1n) is 6.77. The van der Waals surface area contributed by atoms with E-state index in [9.17, 15) is 19.7 Å². The smallest absolute Gasteiger partial charge is 0.307 e. The lowest BCUT2D eigenvalue weighted by Gasteiger charge is -2.27. The third kappa shape index (κ3) is 3.56. The minimum atomic E-state index is -0.946. The summed E-state index contributed by atoms with van der Waals surface area (Å²) in [6, 6.07) is 5.47. The first-order valence-corrected chi connectivity index (χ1v) is 6.77. The van der Waals surface area contributed by atoms with Gasteiger partial charge in [-0.25, -0.2) is 0 Å². The highest BCUT2D eigenvalue weighted by atomic mass is 16.6. The van der Waals surface area contributed by atoms with Crippen LogP contribution in [-0.4, -0.2) is 21.9 Å². The fraction of sp³-hybridized carbons (Fsp3) is 0.429. The largest absolute Gasteiger partial charge is 0.481 e. The summed E-state index contributed by atoms with van der Waals surface area (Å²) in [5.74, 6) is -2.49. The molecule has 0 spiro atoms. The molecule has 1 aliphatic rings. The van der Waals surface area contributed by atoms with Crippen molar-refractivity contribution < 1.29 is 19.6 Å². The molecule has 2 atom stereocenters. The Kier molecular flexibility index (Phi) is 4.52. The number of carbonyl (C=O) groups excluding carboxylic acids is 1.